The molecule has 0 saturated carbocycles. The van der Waals surface area contributed by atoms with E-state index in [0.717, 1.165) is 6.07 Å². The van der Waals surface area contributed by atoms with Crippen LogP contribution in [0.25, 0.3) is 0 Å². The van der Waals surface area contributed by atoms with Crippen molar-refractivity contribution in [1.82, 2.24) is 0 Å². The van der Waals surface area contributed by atoms with Gasteiger partial charge in [0.05, 0.1) is 5.69 Å². The van der Waals surface area contributed by atoms with Gasteiger partial charge in [0.2, 0.25) is 0 Å². The van der Waals surface area contributed by atoms with Gasteiger partial charge in [-0.3, -0.25) is 4.79 Å². The van der Waals surface area contributed by atoms with Gasteiger partial charge >= 0.3 is 0 Å². The van der Waals surface area contributed by atoms with Crippen molar-refractivity contribution in [1.29, 1.82) is 0 Å². The highest BCUT2D eigenvalue weighted by atomic mass is 19.2. The summed E-state index contributed by atoms with van der Waals surface area (Å²) in [6, 6.07) is 4.54. The quantitative estimate of drug-likeness (QED) is 0.506. The number of amides is 1. The van der Waals surface area contributed by atoms with E-state index in [1.165, 1.54) is 12.1 Å². The number of nitrogens with one attached hydrogen (secondary N) is 1. The van der Waals surface area contributed by atoms with Crippen LogP contribution in [0.15, 0.2) is 30.3 Å². The van der Waals surface area contributed by atoms with Crippen LogP contribution in [0.4, 0.5) is 28.9 Å². The number of carbonyl (C=O) groups is 1. The molecule has 0 fully saturated rings. The third-order valence-electron chi connectivity index (χ3n) is 2.49. The van der Waals surface area contributed by atoms with Crippen molar-refractivity contribution in [3.05, 3.63) is 59.2 Å². The first kappa shape index (κ1) is 13.9. The molecule has 7 heteroatoms. The van der Waals surface area contributed by atoms with E-state index >= 15 is 0 Å². The Hall–Kier alpha value is -2.57. The zero-order valence-corrected chi connectivity index (χ0v) is 9.88. The summed E-state index contributed by atoms with van der Waals surface area (Å²) in [5.41, 5.74) is 4.80. The number of nitrogen functional groups attached to an aromatic ring is 1. The molecular weight excluding hydrogens is 276 g/mol. The summed E-state index contributed by atoms with van der Waals surface area (Å²) in [7, 11) is 0. The lowest BCUT2D eigenvalue weighted by Gasteiger charge is -2.07. The third-order valence-corrected chi connectivity index (χ3v) is 2.49. The van der Waals surface area contributed by atoms with Gasteiger partial charge in [0.15, 0.2) is 17.5 Å². The molecule has 0 aliphatic rings. The SMILES string of the molecule is Nc1ccc(NC(=O)c2cc(F)c(F)c(F)c2)c(F)c1. The summed E-state index contributed by atoms with van der Waals surface area (Å²) in [5, 5.41) is 2.10. The first-order valence-electron chi connectivity index (χ1n) is 5.39. The number of benzene rings is 2. The van der Waals surface area contributed by atoms with Gasteiger partial charge in [-0.25, -0.2) is 17.6 Å². The standard InChI is InChI=1S/C13H8F4N2O/c14-8-5-7(18)1-2-11(8)19-13(20)6-3-9(15)12(17)10(16)4-6/h1-5H,18H2,(H,19,20). The molecule has 0 unspecified atom stereocenters. The van der Waals surface area contributed by atoms with E-state index in [1.807, 2.05) is 0 Å². The molecule has 104 valence electrons. The number of anilines is 2. The summed E-state index contributed by atoms with van der Waals surface area (Å²) in [4.78, 5) is 11.7. The maximum Gasteiger partial charge on any atom is 0.255 e. The Morgan fingerprint density at radius 1 is 0.950 bits per heavy atom. The minimum atomic E-state index is -1.68. The van der Waals surface area contributed by atoms with Crippen LogP contribution >= 0.6 is 0 Å². The maximum absolute atomic E-state index is 13.4. The van der Waals surface area contributed by atoms with Crippen LogP contribution in [-0.2, 0) is 0 Å². The van der Waals surface area contributed by atoms with Crippen LogP contribution in [0.5, 0.6) is 0 Å². The fourth-order valence-corrected chi connectivity index (χ4v) is 1.51. The first-order valence-corrected chi connectivity index (χ1v) is 5.39. The van der Waals surface area contributed by atoms with Gasteiger partial charge in [-0.1, -0.05) is 0 Å². The highest BCUT2D eigenvalue weighted by molar-refractivity contribution is 6.04. The average molecular weight is 284 g/mol. The minimum absolute atomic E-state index is 0.152. The lowest BCUT2D eigenvalue weighted by Crippen LogP contribution is -2.14. The summed E-state index contributed by atoms with van der Waals surface area (Å²) >= 11 is 0. The Kier molecular flexibility index (Phi) is 3.60. The predicted octanol–water partition coefficient (Wildman–Crippen LogP) is 3.08. The van der Waals surface area contributed by atoms with Gasteiger partial charge in [-0.05, 0) is 30.3 Å². The van der Waals surface area contributed by atoms with E-state index < -0.39 is 34.7 Å². The number of rotatable bonds is 2. The molecule has 0 saturated heterocycles. The molecule has 0 aromatic heterocycles. The molecule has 20 heavy (non-hydrogen) atoms. The van der Waals surface area contributed by atoms with Crippen molar-refractivity contribution in [2.24, 2.45) is 0 Å². The smallest absolute Gasteiger partial charge is 0.255 e. The lowest BCUT2D eigenvalue weighted by atomic mass is 10.2. The zero-order chi connectivity index (χ0) is 14.9. The van der Waals surface area contributed by atoms with E-state index in [-0.39, 0.29) is 11.4 Å². The van der Waals surface area contributed by atoms with Crippen LogP contribution in [0.1, 0.15) is 10.4 Å². The second kappa shape index (κ2) is 5.20. The number of hydrogen-bond donors (Lipinski definition) is 2. The second-order valence-corrected chi connectivity index (χ2v) is 3.95. The lowest BCUT2D eigenvalue weighted by molar-refractivity contribution is 0.102. The summed E-state index contributed by atoms with van der Waals surface area (Å²) in [6.45, 7) is 0. The van der Waals surface area contributed by atoms with Gasteiger partial charge in [-0.2, -0.15) is 0 Å². The number of hydrogen-bond acceptors (Lipinski definition) is 2. The van der Waals surface area contributed by atoms with Crippen LogP contribution in [0.3, 0.4) is 0 Å². The molecule has 1 amide bonds. The molecule has 0 aliphatic carbocycles. The Morgan fingerprint density at radius 2 is 1.55 bits per heavy atom. The number of carbonyl (C=O) groups excluding carboxylic acids is 1. The van der Waals surface area contributed by atoms with Gasteiger partial charge in [0.1, 0.15) is 5.82 Å². The molecule has 3 nitrogen and oxygen atoms in total. The van der Waals surface area contributed by atoms with E-state index in [1.54, 1.807) is 0 Å². The first-order chi connectivity index (χ1) is 9.38. The van der Waals surface area contributed by atoms with Crippen molar-refractivity contribution in [2.45, 2.75) is 0 Å². The molecule has 2 rings (SSSR count). The highest BCUT2D eigenvalue weighted by Crippen LogP contribution is 2.19. The van der Waals surface area contributed by atoms with Crippen molar-refractivity contribution in [2.75, 3.05) is 11.1 Å². The second-order valence-electron chi connectivity index (χ2n) is 3.95. The molecule has 0 atom stereocenters. The topological polar surface area (TPSA) is 55.1 Å². The monoisotopic (exact) mass is 284 g/mol. The Labute approximate surface area is 111 Å². The summed E-state index contributed by atoms with van der Waals surface area (Å²) in [6.07, 6.45) is 0. The largest absolute Gasteiger partial charge is 0.399 e. The van der Waals surface area contributed by atoms with Crippen molar-refractivity contribution >= 4 is 17.3 Å². The molecule has 2 aromatic carbocycles. The molecule has 0 aliphatic heterocycles. The van der Waals surface area contributed by atoms with E-state index in [2.05, 4.69) is 5.32 Å². The van der Waals surface area contributed by atoms with E-state index in [9.17, 15) is 22.4 Å². The summed E-state index contributed by atoms with van der Waals surface area (Å²) < 4.78 is 52.2. The third kappa shape index (κ3) is 2.71. The number of halogens is 4. The van der Waals surface area contributed by atoms with Crippen molar-refractivity contribution in [3.8, 4) is 0 Å². The molecule has 0 bridgehead atoms. The number of nitrogens with two attached hydrogens (primary N) is 1. The van der Waals surface area contributed by atoms with Crippen molar-refractivity contribution in [3.63, 3.8) is 0 Å². The van der Waals surface area contributed by atoms with Crippen molar-refractivity contribution < 1.29 is 22.4 Å². The minimum Gasteiger partial charge on any atom is -0.399 e. The highest BCUT2D eigenvalue weighted by Gasteiger charge is 2.16. The van der Waals surface area contributed by atoms with Gasteiger partial charge in [0, 0.05) is 11.3 Å². The zero-order valence-electron chi connectivity index (χ0n) is 9.88. The normalized spacial score (nSPS) is 10.4. The Balaban J connectivity index is 2.28. The fourth-order valence-electron chi connectivity index (χ4n) is 1.51. The maximum atomic E-state index is 13.4. The van der Waals surface area contributed by atoms with Gasteiger partial charge in [-0.15, -0.1) is 0 Å². The predicted molar refractivity (Wildman–Crippen MR) is 65.1 cm³/mol. The Morgan fingerprint density at radius 3 is 2.10 bits per heavy atom. The molecule has 3 N–H and O–H groups in total. The Bertz CT molecular complexity index is 665. The van der Waals surface area contributed by atoms with Crippen LogP contribution < -0.4 is 11.1 Å². The molecule has 0 heterocycles. The molecular formula is C13H8F4N2O. The fraction of sp³-hybridized carbons (Fsp3) is 0. The van der Waals surface area contributed by atoms with Crippen LogP contribution in [-0.4, -0.2) is 5.91 Å². The van der Waals surface area contributed by atoms with E-state index in [4.69, 9.17) is 5.73 Å². The molecule has 0 spiro atoms. The van der Waals surface area contributed by atoms with Crippen LogP contribution in [0, 0.1) is 23.3 Å². The van der Waals surface area contributed by atoms with Gasteiger partial charge < -0.3 is 11.1 Å². The van der Waals surface area contributed by atoms with Crippen LogP contribution in [0.2, 0.25) is 0 Å². The van der Waals surface area contributed by atoms with E-state index in [0.29, 0.717) is 12.1 Å². The molecule has 2 aromatic rings. The summed E-state index contributed by atoms with van der Waals surface area (Å²) in [5.74, 6) is -6.48. The molecule has 0 radical (unpaired) electrons. The van der Waals surface area contributed by atoms with Gasteiger partial charge in [0.25, 0.3) is 5.91 Å². The average Bonchev–Trinajstić information content (AvgIpc) is 2.38.